The van der Waals surface area contributed by atoms with Crippen LogP contribution < -0.4 is 0 Å². The number of esters is 3. The Kier molecular flexibility index (Phi) is 48.3. The molecule has 0 aliphatic carbocycles. The summed E-state index contributed by atoms with van der Waals surface area (Å²) in [6.45, 7) is 4.65. The van der Waals surface area contributed by atoms with Gasteiger partial charge in [-0.1, -0.05) is 226 Å². The fourth-order valence-corrected chi connectivity index (χ4v) is 8.72. The van der Waals surface area contributed by atoms with Crippen LogP contribution in [0, 0.1) is 0 Å². The second-order valence-corrected chi connectivity index (χ2v) is 20.2. The molecule has 3 unspecified atom stereocenters. The summed E-state index contributed by atoms with van der Waals surface area (Å²) in [5.74, 6) is -1.45. The molecule has 3 atom stereocenters. The Bertz CT molecular complexity index is 1160. The first kappa shape index (κ1) is 64.2. The van der Waals surface area contributed by atoms with Crippen molar-refractivity contribution in [1.82, 2.24) is 0 Å². The van der Waals surface area contributed by atoms with E-state index in [1.54, 1.807) is 0 Å². The average molecular weight is 959 g/mol. The van der Waals surface area contributed by atoms with E-state index in [4.69, 9.17) is 23.3 Å². The molecule has 0 amide bonds. The molecule has 0 heterocycles. The van der Waals surface area contributed by atoms with E-state index in [2.05, 4.69) is 32.9 Å². The zero-order valence-electron chi connectivity index (χ0n) is 42.9. The number of aliphatic hydroxyl groups is 1. The van der Waals surface area contributed by atoms with Crippen LogP contribution in [-0.2, 0) is 42.2 Å². The standard InChI is InChI=1S/C54H103O11P/c1-4-7-10-13-16-19-22-24-25-27-30-33-36-39-42-45-54(58)65-51(47-61-52(56)43-40-37-34-31-28-21-18-15-12-9-6-3)49-63-66(59,60)62-48-50(46-55)64-53(57)44-41-38-35-32-29-26-23-20-17-14-11-8-5-2/h20,23,50-51,55H,4-19,21-22,24-49H2,1-3H3,(H,59,60)/b23-20-. The molecule has 0 saturated carbocycles. The minimum absolute atomic E-state index is 0.172. The number of unbranched alkanes of at least 4 members (excludes halogenated alkanes) is 33. The molecule has 0 spiro atoms. The molecule has 12 heteroatoms. The molecular formula is C54H103O11P. The molecule has 0 aromatic carbocycles. The van der Waals surface area contributed by atoms with Crippen LogP contribution in [0.4, 0.5) is 0 Å². The summed E-state index contributed by atoms with van der Waals surface area (Å²) in [7, 11) is -4.73. The number of hydrogen-bond donors (Lipinski definition) is 2. The van der Waals surface area contributed by atoms with Gasteiger partial charge in [0.1, 0.15) is 12.7 Å². The van der Waals surface area contributed by atoms with Crippen molar-refractivity contribution in [2.45, 2.75) is 290 Å². The van der Waals surface area contributed by atoms with Crippen molar-refractivity contribution in [1.29, 1.82) is 0 Å². The molecule has 390 valence electrons. The van der Waals surface area contributed by atoms with Crippen LogP contribution in [0.1, 0.15) is 278 Å². The van der Waals surface area contributed by atoms with Gasteiger partial charge in [0.25, 0.3) is 0 Å². The second-order valence-electron chi connectivity index (χ2n) is 18.8. The lowest BCUT2D eigenvalue weighted by atomic mass is 10.0. The van der Waals surface area contributed by atoms with Crippen LogP contribution in [0.25, 0.3) is 0 Å². The highest BCUT2D eigenvalue weighted by Crippen LogP contribution is 2.43. The lowest BCUT2D eigenvalue weighted by Crippen LogP contribution is -2.30. The third kappa shape index (κ3) is 47.3. The van der Waals surface area contributed by atoms with E-state index in [0.717, 1.165) is 77.0 Å². The van der Waals surface area contributed by atoms with Crippen LogP contribution in [0.3, 0.4) is 0 Å². The summed E-state index contributed by atoms with van der Waals surface area (Å²) in [5, 5.41) is 9.78. The number of carbonyl (C=O) groups excluding carboxylic acids is 3. The van der Waals surface area contributed by atoms with Gasteiger partial charge in [0.2, 0.25) is 0 Å². The Morgan fingerprint density at radius 1 is 0.409 bits per heavy atom. The molecule has 2 N–H and O–H groups in total. The van der Waals surface area contributed by atoms with Gasteiger partial charge >= 0.3 is 25.7 Å². The molecular weight excluding hydrogens is 856 g/mol. The summed E-state index contributed by atoms with van der Waals surface area (Å²) in [4.78, 5) is 48.3. The lowest BCUT2D eigenvalue weighted by Gasteiger charge is -2.21. The van der Waals surface area contributed by atoms with Crippen LogP contribution in [0.2, 0.25) is 0 Å². The Morgan fingerprint density at radius 2 is 0.697 bits per heavy atom. The first-order valence-electron chi connectivity index (χ1n) is 27.6. The Labute approximate surface area is 405 Å². The van der Waals surface area contributed by atoms with Crippen molar-refractivity contribution in [2.75, 3.05) is 26.4 Å². The van der Waals surface area contributed by atoms with Gasteiger partial charge < -0.3 is 24.2 Å². The van der Waals surface area contributed by atoms with E-state index < -0.39 is 57.8 Å². The van der Waals surface area contributed by atoms with E-state index in [0.29, 0.717) is 19.3 Å². The fourth-order valence-electron chi connectivity index (χ4n) is 7.94. The summed E-state index contributed by atoms with van der Waals surface area (Å²) < 4.78 is 39.4. The Morgan fingerprint density at radius 3 is 1.06 bits per heavy atom. The highest BCUT2D eigenvalue weighted by atomic mass is 31.2. The van der Waals surface area contributed by atoms with Crippen LogP contribution >= 0.6 is 7.82 Å². The van der Waals surface area contributed by atoms with E-state index >= 15 is 0 Å². The third-order valence-corrected chi connectivity index (χ3v) is 13.1. The highest BCUT2D eigenvalue weighted by Gasteiger charge is 2.28. The molecule has 11 nitrogen and oxygen atoms in total. The van der Waals surface area contributed by atoms with Gasteiger partial charge in [-0.2, -0.15) is 0 Å². The van der Waals surface area contributed by atoms with Gasteiger partial charge in [0.15, 0.2) is 6.10 Å². The van der Waals surface area contributed by atoms with Crippen LogP contribution in [0.15, 0.2) is 12.2 Å². The maximum atomic E-state index is 12.9. The van der Waals surface area contributed by atoms with E-state index in [-0.39, 0.29) is 25.9 Å². The van der Waals surface area contributed by atoms with Gasteiger partial charge in [0, 0.05) is 19.3 Å². The molecule has 0 bridgehead atoms. The Hall–Kier alpha value is -1.78. The fraction of sp³-hybridized carbons (Fsp3) is 0.907. The largest absolute Gasteiger partial charge is 0.472 e. The smallest absolute Gasteiger partial charge is 0.462 e. The summed E-state index contributed by atoms with van der Waals surface area (Å²) in [6.07, 6.45) is 46.0. The quantitative estimate of drug-likeness (QED) is 0.0197. The van der Waals surface area contributed by atoms with Gasteiger partial charge in [-0.15, -0.1) is 0 Å². The van der Waals surface area contributed by atoms with Crippen molar-refractivity contribution in [3.63, 3.8) is 0 Å². The number of carbonyl (C=O) groups is 3. The number of allylic oxidation sites excluding steroid dienone is 2. The average Bonchev–Trinajstić information content (AvgIpc) is 3.30. The number of hydrogen-bond acceptors (Lipinski definition) is 10. The molecule has 0 aromatic rings. The van der Waals surface area contributed by atoms with Crippen LogP contribution in [-0.4, -0.2) is 66.5 Å². The minimum atomic E-state index is -4.73. The predicted molar refractivity (Wildman–Crippen MR) is 270 cm³/mol. The van der Waals surface area contributed by atoms with Crippen molar-refractivity contribution in [3.05, 3.63) is 12.2 Å². The normalized spacial score (nSPS) is 13.5. The summed E-state index contributed by atoms with van der Waals surface area (Å²) in [5.41, 5.74) is 0. The van der Waals surface area contributed by atoms with E-state index in [1.165, 1.54) is 141 Å². The molecule has 0 fully saturated rings. The number of aliphatic hydroxyl groups excluding tert-OH is 1. The molecule has 0 aromatic heterocycles. The third-order valence-electron chi connectivity index (χ3n) is 12.2. The zero-order chi connectivity index (χ0) is 48.4. The maximum absolute atomic E-state index is 12.9. The first-order chi connectivity index (χ1) is 32.2. The van der Waals surface area contributed by atoms with Crippen molar-refractivity contribution in [3.8, 4) is 0 Å². The van der Waals surface area contributed by atoms with Crippen molar-refractivity contribution < 1.29 is 52.2 Å². The monoisotopic (exact) mass is 959 g/mol. The molecule has 0 radical (unpaired) electrons. The molecule has 0 rings (SSSR count). The Balaban J connectivity index is 4.68. The van der Waals surface area contributed by atoms with Crippen LogP contribution in [0.5, 0.6) is 0 Å². The lowest BCUT2D eigenvalue weighted by molar-refractivity contribution is -0.161. The second kappa shape index (κ2) is 49.6. The molecule has 0 aliphatic heterocycles. The topological polar surface area (TPSA) is 155 Å². The van der Waals surface area contributed by atoms with E-state index in [1.807, 2.05) is 0 Å². The van der Waals surface area contributed by atoms with Crippen molar-refractivity contribution >= 4 is 25.7 Å². The molecule has 0 aliphatic rings. The highest BCUT2D eigenvalue weighted by molar-refractivity contribution is 7.47. The maximum Gasteiger partial charge on any atom is 0.472 e. The first-order valence-corrected chi connectivity index (χ1v) is 29.1. The van der Waals surface area contributed by atoms with Gasteiger partial charge in [-0.3, -0.25) is 23.4 Å². The molecule has 66 heavy (non-hydrogen) atoms. The van der Waals surface area contributed by atoms with E-state index in [9.17, 15) is 28.9 Å². The number of phosphoric ester groups is 1. The van der Waals surface area contributed by atoms with Gasteiger partial charge in [-0.25, -0.2) is 4.57 Å². The number of ether oxygens (including phenoxy) is 3. The van der Waals surface area contributed by atoms with Gasteiger partial charge in [-0.05, 0) is 44.9 Å². The predicted octanol–water partition coefficient (Wildman–Crippen LogP) is 15.7. The zero-order valence-corrected chi connectivity index (χ0v) is 43.8. The summed E-state index contributed by atoms with van der Waals surface area (Å²) >= 11 is 0. The number of rotatable bonds is 52. The van der Waals surface area contributed by atoms with Crippen molar-refractivity contribution in [2.24, 2.45) is 0 Å². The number of phosphoric acid groups is 1. The minimum Gasteiger partial charge on any atom is -0.462 e. The van der Waals surface area contributed by atoms with Gasteiger partial charge in [0.05, 0.1) is 19.8 Å². The summed E-state index contributed by atoms with van der Waals surface area (Å²) in [6, 6.07) is 0. The molecule has 0 saturated heterocycles. The SMILES string of the molecule is CCCCCC/C=C\CCCCCCCC(=O)OC(CO)COP(=O)(O)OCC(COC(=O)CCCCCCCCCCCCC)OC(=O)CCCCCCCCCCCCCCCCC.